The summed E-state index contributed by atoms with van der Waals surface area (Å²) in [5, 5.41) is 4.64. The number of hydrogen-bond acceptors (Lipinski definition) is 4. The van der Waals surface area contributed by atoms with E-state index in [1.165, 1.54) is 13.2 Å². The van der Waals surface area contributed by atoms with E-state index in [-0.39, 0.29) is 0 Å². The van der Waals surface area contributed by atoms with Crippen LogP contribution in [0, 0.1) is 17.5 Å². The van der Waals surface area contributed by atoms with Gasteiger partial charge in [0, 0.05) is 6.08 Å². The van der Waals surface area contributed by atoms with Gasteiger partial charge in [-0.15, -0.1) is 0 Å². The molecule has 6 nitrogen and oxygen atoms in total. The summed E-state index contributed by atoms with van der Waals surface area (Å²) in [7, 11) is 1.46. The fourth-order valence-electron chi connectivity index (χ4n) is 2.40. The molecule has 2 aromatic carbocycles. The van der Waals surface area contributed by atoms with Crippen molar-refractivity contribution in [3.05, 3.63) is 58.4 Å². The van der Waals surface area contributed by atoms with Crippen molar-refractivity contribution in [1.29, 1.82) is 0 Å². The lowest BCUT2D eigenvalue weighted by molar-refractivity contribution is -0.121. The van der Waals surface area contributed by atoms with E-state index in [2.05, 4.69) is 5.32 Å². The zero-order valence-corrected chi connectivity index (χ0v) is 17.5. The highest BCUT2D eigenvalue weighted by molar-refractivity contribution is 6.32. The molecular formula is C21H20ClF3N2O4. The van der Waals surface area contributed by atoms with E-state index < -0.39 is 41.5 Å². The number of methoxy groups -OCH3 is 1. The molecule has 0 aliphatic heterocycles. The van der Waals surface area contributed by atoms with Crippen LogP contribution in [0.2, 0.25) is 5.02 Å². The molecule has 0 bridgehead atoms. The summed E-state index contributed by atoms with van der Waals surface area (Å²) >= 11 is 6.20. The molecule has 10 heteroatoms. The largest absolute Gasteiger partial charge is 0.493 e. The van der Waals surface area contributed by atoms with E-state index in [9.17, 15) is 22.8 Å². The van der Waals surface area contributed by atoms with Gasteiger partial charge in [0.15, 0.2) is 29.0 Å². The average Bonchev–Trinajstić information content (AvgIpc) is 2.75. The molecule has 0 fully saturated rings. The van der Waals surface area contributed by atoms with Crippen molar-refractivity contribution in [2.24, 2.45) is 0 Å². The summed E-state index contributed by atoms with van der Waals surface area (Å²) in [6.45, 7) is 1.89. The molecule has 2 amide bonds. The third-order valence-electron chi connectivity index (χ3n) is 3.86. The van der Waals surface area contributed by atoms with Crippen molar-refractivity contribution in [2.75, 3.05) is 25.6 Å². The van der Waals surface area contributed by atoms with Gasteiger partial charge in [-0.05, 0) is 42.3 Å². The Bertz CT molecular complexity index is 999. The number of anilines is 1. The molecule has 2 rings (SSSR count). The molecule has 0 saturated carbocycles. The Morgan fingerprint density at radius 3 is 2.58 bits per heavy atom. The second-order valence-electron chi connectivity index (χ2n) is 6.20. The number of benzene rings is 2. The van der Waals surface area contributed by atoms with Gasteiger partial charge in [0.2, 0.25) is 11.8 Å². The quantitative estimate of drug-likeness (QED) is 0.435. The molecule has 0 heterocycles. The summed E-state index contributed by atoms with van der Waals surface area (Å²) in [5.74, 6) is -5.27. The van der Waals surface area contributed by atoms with Gasteiger partial charge in [0.25, 0.3) is 0 Å². The maximum atomic E-state index is 13.6. The van der Waals surface area contributed by atoms with Crippen LogP contribution in [0.15, 0.2) is 30.3 Å². The lowest BCUT2D eigenvalue weighted by atomic mass is 10.2. The Labute approximate surface area is 182 Å². The number of hydrogen-bond donors (Lipinski definition) is 2. The van der Waals surface area contributed by atoms with Crippen LogP contribution in [0.25, 0.3) is 6.08 Å². The van der Waals surface area contributed by atoms with Crippen molar-refractivity contribution in [3.8, 4) is 11.5 Å². The first-order chi connectivity index (χ1) is 14.8. The van der Waals surface area contributed by atoms with E-state index in [0.717, 1.165) is 18.6 Å². The van der Waals surface area contributed by atoms with Crippen LogP contribution >= 0.6 is 11.6 Å². The number of rotatable bonds is 9. The molecular weight excluding hydrogens is 437 g/mol. The summed E-state index contributed by atoms with van der Waals surface area (Å²) < 4.78 is 50.5. The molecule has 0 unspecified atom stereocenters. The van der Waals surface area contributed by atoms with Gasteiger partial charge >= 0.3 is 0 Å². The SMILES string of the molecule is CCCOc1c(Cl)cc(/C=C/C(=O)NCC(=O)Nc2ccc(F)c(F)c2F)cc1OC. The number of amides is 2. The van der Waals surface area contributed by atoms with Crippen LogP contribution in [0.4, 0.5) is 18.9 Å². The van der Waals surface area contributed by atoms with Gasteiger partial charge < -0.3 is 20.1 Å². The van der Waals surface area contributed by atoms with Gasteiger partial charge in [0.05, 0.1) is 31.0 Å². The second-order valence-corrected chi connectivity index (χ2v) is 6.61. The Morgan fingerprint density at radius 2 is 1.90 bits per heavy atom. The minimum absolute atomic E-state index is 0.306. The summed E-state index contributed by atoms with van der Waals surface area (Å²) in [6.07, 6.45) is 3.39. The van der Waals surface area contributed by atoms with Gasteiger partial charge in [-0.25, -0.2) is 13.2 Å². The molecule has 166 valence electrons. The van der Waals surface area contributed by atoms with Crippen LogP contribution in [0.1, 0.15) is 18.9 Å². The first-order valence-electron chi connectivity index (χ1n) is 9.16. The average molecular weight is 457 g/mol. The standard InChI is InChI=1S/C21H20ClF3N2O4/c1-3-8-31-21-13(22)9-12(10-16(21)30-2)4-7-17(28)26-11-18(29)27-15-6-5-14(23)19(24)20(15)25/h4-7,9-10H,3,8,11H2,1-2H3,(H,26,28)(H,27,29)/b7-4+. The Balaban J connectivity index is 1.96. The number of ether oxygens (including phenoxy) is 2. The predicted molar refractivity (Wildman–Crippen MR) is 111 cm³/mol. The minimum atomic E-state index is -1.70. The number of nitrogens with one attached hydrogen (secondary N) is 2. The lowest BCUT2D eigenvalue weighted by Gasteiger charge is -2.12. The van der Waals surface area contributed by atoms with Crippen LogP contribution in [-0.2, 0) is 9.59 Å². The fourth-order valence-corrected chi connectivity index (χ4v) is 2.67. The topological polar surface area (TPSA) is 76.7 Å². The van der Waals surface area contributed by atoms with Crippen molar-refractivity contribution < 1.29 is 32.2 Å². The van der Waals surface area contributed by atoms with Crippen LogP contribution in [0.3, 0.4) is 0 Å². The summed E-state index contributed by atoms with van der Waals surface area (Å²) in [4.78, 5) is 23.7. The predicted octanol–water partition coefficient (Wildman–Crippen LogP) is 4.32. The Morgan fingerprint density at radius 1 is 1.16 bits per heavy atom. The van der Waals surface area contributed by atoms with Crippen LogP contribution in [0.5, 0.6) is 11.5 Å². The smallest absolute Gasteiger partial charge is 0.244 e. The molecule has 0 spiro atoms. The third-order valence-corrected chi connectivity index (χ3v) is 4.14. The lowest BCUT2D eigenvalue weighted by Crippen LogP contribution is -2.32. The normalized spacial score (nSPS) is 10.8. The minimum Gasteiger partial charge on any atom is -0.493 e. The van der Waals surface area contributed by atoms with Gasteiger partial charge in [-0.2, -0.15) is 0 Å². The van der Waals surface area contributed by atoms with Crippen molar-refractivity contribution in [3.63, 3.8) is 0 Å². The van der Waals surface area contributed by atoms with E-state index in [4.69, 9.17) is 21.1 Å². The molecule has 0 aliphatic rings. The summed E-state index contributed by atoms with van der Waals surface area (Å²) in [5.41, 5.74) is 0.00923. The highest BCUT2D eigenvalue weighted by atomic mass is 35.5. The van der Waals surface area contributed by atoms with E-state index in [0.29, 0.717) is 34.8 Å². The molecule has 0 saturated heterocycles. The highest BCUT2D eigenvalue weighted by Gasteiger charge is 2.15. The van der Waals surface area contributed by atoms with E-state index in [1.807, 2.05) is 12.2 Å². The van der Waals surface area contributed by atoms with Crippen molar-refractivity contribution in [1.82, 2.24) is 5.32 Å². The van der Waals surface area contributed by atoms with Crippen molar-refractivity contribution >= 4 is 35.2 Å². The van der Waals surface area contributed by atoms with Crippen LogP contribution in [-0.4, -0.2) is 32.1 Å². The van der Waals surface area contributed by atoms with Gasteiger partial charge in [-0.3, -0.25) is 9.59 Å². The van der Waals surface area contributed by atoms with E-state index in [1.54, 1.807) is 12.1 Å². The number of carbonyl (C=O) groups is 2. The molecule has 0 radical (unpaired) electrons. The highest BCUT2D eigenvalue weighted by Crippen LogP contribution is 2.36. The zero-order chi connectivity index (χ0) is 23.0. The van der Waals surface area contributed by atoms with Gasteiger partial charge in [-0.1, -0.05) is 18.5 Å². The molecule has 0 aromatic heterocycles. The maximum absolute atomic E-state index is 13.6. The third kappa shape index (κ3) is 6.65. The molecule has 31 heavy (non-hydrogen) atoms. The van der Waals surface area contributed by atoms with Crippen molar-refractivity contribution in [2.45, 2.75) is 13.3 Å². The molecule has 0 aliphatic carbocycles. The summed E-state index contributed by atoms with van der Waals surface area (Å²) in [6, 6.07) is 4.75. The molecule has 2 aromatic rings. The monoisotopic (exact) mass is 456 g/mol. The maximum Gasteiger partial charge on any atom is 0.244 e. The first-order valence-corrected chi connectivity index (χ1v) is 9.54. The van der Waals surface area contributed by atoms with Gasteiger partial charge in [0.1, 0.15) is 0 Å². The van der Waals surface area contributed by atoms with Crippen LogP contribution < -0.4 is 20.1 Å². The molecule has 0 atom stereocenters. The number of halogens is 4. The molecule has 2 N–H and O–H groups in total. The second kappa shape index (κ2) is 11.3. The Kier molecular flexibility index (Phi) is 8.75. The zero-order valence-electron chi connectivity index (χ0n) is 16.7. The Hall–Kier alpha value is -3.20. The first kappa shape index (κ1) is 24.1. The fraction of sp³-hybridized carbons (Fsp3) is 0.238. The number of carbonyl (C=O) groups excluding carboxylic acids is 2. The van der Waals surface area contributed by atoms with E-state index >= 15 is 0 Å².